The number of hydrogen-bond donors (Lipinski definition) is 3. The van der Waals surface area contributed by atoms with Gasteiger partial charge in [0, 0.05) is 6.54 Å². The second-order valence-corrected chi connectivity index (χ2v) is 3.29. The van der Waals surface area contributed by atoms with Gasteiger partial charge in [0.25, 0.3) is 0 Å². The number of benzene rings is 1. The second kappa shape index (κ2) is 6.85. The standard InChI is InChI=1S/C12H13N3O3/c1-2-7-13-11(17)12(18)15-14-8-9-3-5-10(16)6-4-9/h2-6,8,16H,1,7H2,(H,13,17)(H,15,18)/b14-8-. The molecule has 0 aliphatic heterocycles. The number of aromatic hydroxyl groups is 1. The maximum Gasteiger partial charge on any atom is 0.329 e. The Morgan fingerprint density at radius 2 is 1.94 bits per heavy atom. The van der Waals surface area contributed by atoms with Crippen LogP contribution in [0.3, 0.4) is 0 Å². The van der Waals surface area contributed by atoms with E-state index in [1.807, 2.05) is 0 Å². The van der Waals surface area contributed by atoms with Crippen LogP contribution in [0.4, 0.5) is 0 Å². The summed E-state index contributed by atoms with van der Waals surface area (Å²) in [6.07, 6.45) is 2.82. The van der Waals surface area contributed by atoms with Crippen LogP contribution in [0.1, 0.15) is 5.56 Å². The number of phenols is 1. The number of carbonyl (C=O) groups excluding carboxylic acids is 2. The first kappa shape index (κ1) is 13.4. The van der Waals surface area contributed by atoms with E-state index in [2.05, 4.69) is 22.4 Å². The van der Waals surface area contributed by atoms with Crippen molar-refractivity contribution in [2.24, 2.45) is 5.10 Å². The molecule has 0 bridgehead atoms. The van der Waals surface area contributed by atoms with E-state index >= 15 is 0 Å². The highest BCUT2D eigenvalue weighted by atomic mass is 16.3. The lowest BCUT2D eigenvalue weighted by Crippen LogP contribution is -2.37. The van der Waals surface area contributed by atoms with Gasteiger partial charge in [0.2, 0.25) is 0 Å². The zero-order chi connectivity index (χ0) is 13.4. The van der Waals surface area contributed by atoms with Crippen LogP contribution in [-0.2, 0) is 9.59 Å². The van der Waals surface area contributed by atoms with Gasteiger partial charge in [0.05, 0.1) is 6.21 Å². The Labute approximate surface area is 104 Å². The quantitative estimate of drug-likeness (QED) is 0.306. The summed E-state index contributed by atoms with van der Waals surface area (Å²) in [6.45, 7) is 3.62. The van der Waals surface area contributed by atoms with Crippen LogP contribution in [0.25, 0.3) is 0 Å². The zero-order valence-corrected chi connectivity index (χ0v) is 9.59. The van der Waals surface area contributed by atoms with Crippen LogP contribution < -0.4 is 10.7 Å². The van der Waals surface area contributed by atoms with Gasteiger partial charge in [0.1, 0.15) is 5.75 Å². The van der Waals surface area contributed by atoms with Gasteiger partial charge in [-0.3, -0.25) is 9.59 Å². The molecule has 3 N–H and O–H groups in total. The van der Waals surface area contributed by atoms with Crippen molar-refractivity contribution < 1.29 is 14.7 Å². The summed E-state index contributed by atoms with van der Waals surface area (Å²) in [4.78, 5) is 22.3. The van der Waals surface area contributed by atoms with E-state index in [0.29, 0.717) is 5.56 Å². The molecule has 0 aromatic heterocycles. The fourth-order valence-electron chi connectivity index (χ4n) is 1.02. The van der Waals surface area contributed by atoms with E-state index < -0.39 is 11.8 Å². The van der Waals surface area contributed by atoms with Crippen LogP contribution in [0, 0.1) is 0 Å². The number of hydrogen-bond acceptors (Lipinski definition) is 4. The van der Waals surface area contributed by atoms with Crippen molar-refractivity contribution in [3.63, 3.8) is 0 Å². The Hall–Kier alpha value is -2.63. The summed E-state index contributed by atoms with van der Waals surface area (Å²) in [5, 5.41) is 15.0. The Kier molecular flexibility index (Phi) is 5.11. The van der Waals surface area contributed by atoms with E-state index in [1.54, 1.807) is 12.1 Å². The largest absolute Gasteiger partial charge is 0.508 e. The van der Waals surface area contributed by atoms with E-state index in [1.165, 1.54) is 24.4 Å². The Morgan fingerprint density at radius 1 is 1.28 bits per heavy atom. The molecule has 0 radical (unpaired) electrons. The van der Waals surface area contributed by atoms with Crippen molar-refractivity contribution in [2.75, 3.05) is 6.54 Å². The van der Waals surface area contributed by atoms with E-state index in [9.17, 15) is 9.59 Å². The van der Waals surface area contributed by atoms with Gasteiger partial charge in [-0.2, -0.15) is 5.10 Å². The molecule has 2 amide bonds. The number of amides is 2. The maximum absolute atomic E-state index is 11.2. The highest BCUT2D eigenvalue weighted by Crippen LogP contribution is 2.07. The molecule has 0 heterocycles. The van der Waals surface area contributed by atoms with Crippen LogP contribution in [-0.4, -0.2) is 29.7 Å². The lowest BCUT2D eigenvalue weighted by Gasteiger charge is -1.99. The third-order valence-corrected chi connectivity index (χ3v) is 1.89. The second-order valence-electron chi connectivity index (χ2n) is 3.29. The molecule has 0 unspecified atom stereocenters. The SMILES string of the molecule is C=CCNC(=O)C(=O)N/N=C\c1ccc(O)cc1. The number of carbonyl (C=O) groups is 2. The molecular formula is C12H13N3O3. The smallest absolute Gasteiger partial charge is 0.329 e. The van der Waals surface area contributed by atoms with Crippen molar-refractivity contribution in [1.29, 1.82) is 0 Å². The lowest BCUT2D eigenvalue weighted by atomic mass is 10.2. The van der Waals surface area contributed by atoms with Gasteiger partial charge < -0.3 is 10.4 Å². The summed E-state index contributed by atoms with van der Waals surface area (Å²) in [6, 6.07) is 6.20. The van der Waals surface area contributed by atoms with Crippen LogP contribution in [0.5, 0.6) is 5.75 Å². The summed E-state index contributed by atoms with van der Waals surface area (Å²) in [7, 11) is 0. The van der Waals surface area contributed by atoms with Gasteiger partial charge in [-0.15, -0.1) is 6.58 Å². The van der Waals surface area contributed by atoms with Crippen molar-refractivity contribution in [1.82, 2.24) is 10.7 Å². The van der Waals surface area contributed by atoms with Crippen molar-refractivity contribution >= 4 is 18.0 Å². The summed E-state index contributed by atoms with van der Waals surface area (Å²) < 4.78 is 0. The topological polar surface area (TPSA) is 90.8 Å². The molecule has 0 atom stereocenters. The number of nitrogens with zero attached hydrogens (tertiary/aromatic N) is 1. The van der Waals surface area contributed by atoms with Crippen LogP contribution in [0.2, 0.25) is 0 Å². The summed E-state index contributed by atoms with van der Waals surface area (Å²) in [5.74, 6) is -1.50. The van der Waals surface area contributed by atoms with E-state index in [4.69, 9.17) is 5.11 Å². The molecule has 0 aliphatic rings. The van der Waals surface area contributed by atoms with Gasteiger partial charge in [-0.25, -0.2) is 5.43 Å². The molecule has 94 valence electrons. The fraction of sp³-hybridized carbons (Fsp3) is 0.0833. The average molecular weight is 247 g/mol. The molecule has 6 heteroatoms. The molecule has 0 saturated carbocycles. The molecule has 1 rings (SSSR count). The lowest BCUT2D eigenvalue weighted by molar-refractivity contribution is -0.139. The minimum atomic E-state index is -0.855. The highest BCUT2D eigenvalue weighted by Gasteiger charge is 2.10. The minimum Gasteiger partial charge on any atom is -0.508 e. The summed E-state index contributed by atoms with van der Waals surface area (Å²) in [5.41, 5.74) is 2.76. The molecular weight excluding hydrogens is 234 g/mol. The third-order valence-electron chi connectivity index (χ3n) is 1.89. The molecule has 0 fully saturated rings. The normalized spacial score (nSPS) is 10.0. The predicted molar refractivity (Wildman–Crippen MR) is 67.1 cm³/mol. The Bertz CT molecular complexity index is 466. The zero-order valence-electron chi connectivity index (χ0n) is 9.59. The van der Waals surface area contributed by atoms with Gasteiger partial charge in [0.15, 0.2) is 0 Å². The number of phenolic OH excluding ortho intramolecular Hbond substituents is 1. The predicted octanol–water partition coefficient (Wildman–Crippen LogP) is 0.144. The first-order valence-corrected chi connectivity index (χ1v) is 5.14. The van der Waals surface area contributed by atoms with Gasteiger partial charge in [-0.1, -0.05) is 6.08 Å². The van der Waals surface area contributed by atoms with Crippen molar-refractivity contribution in [3.8, 4) is 5.75 Å². The van der Waals surface area contributed by atoms with E-state index in [0.717, 1.165) is 0 Å². The van der Waals surface area contributed by atoms with Gasteiger partial charge in [-0.05, 0) is 29.8 Å². The number of rotatable bonds is 4. The number of nitrogens with one attached hydrogen (secondary N) is 2. The molecule has 1 aromatic carbocycles. The Balaban J connectivity index is 2.44. The van der Waals surface area contributed by atoms with Gasteiger partial charge >= 0.3 is 11.8 Å². The third kappa shape index (κ3) is 4.48. The average Bonchev–Trinajstić information content (AvgIpc) is 2.38. The number of hydrazone groups is 1. The van der Waals surface area contributed by atoms with Crippen LogP contribution in [0.15, 0.2) is 42.0 Å². The van der Waals surface area contributed by atoms with Crippen molar-refractivity contribution in [3.05, 3.63) is 42.5 Å². The van der Waals surface area contributed by atoms with E-state index in [-0.39, 0.29) is 12.3 Å². The highest BCUT2D eigenvalue weighted by molar-refractivity contribution is 6.35. The molecule has 6 nitrogen and oxygen atoms in total. The molecule has 0 saturated heterocycles. The molecule has 18 heavy (non-hydrogen) atoms. The van der Waals surface area contributed by atoms with Crippen LogP contribution >= 0.6 is 0 Å². The molecule has 1 aromatic rings. The summed E-state index contributed by atoms with van der Waals surface area (Å²) >= 11 is 0. The maximum atomic E-state index is 11.2. The monoisotopic (exact) mass is 247 g/mol. The first-order valence-electron chi connectivity index (χ1n) is 5.14. The molecule has 0 aliphatic carbocycles. The van der Waals surface area contributed by atoms with Crippen molar-refractivity contribution in [2.45, 2.75) is 0 Å². The minimum absolute atomic E-state index is 0.139. The fourth-order valence-corrected chi connectivity index (χ4v) is 1.02. The Morgan fingerprint density at radius 3 is 2.56 bits per heavy atom. The first-order chi connectivity index (χ1) is 8.63. The molecule has 0 spiro atoms.